The molecule has 4 rings (SSSR count). The molecule has 2 heterocycles. The first-order valence-corrected chi connectivity index (χ1v) is 11.5. The fraction of sp³-hybridized carbons (Fsp3) is 0.435. The first kappa shape index (κ1) is 23.7. The average molecular weight is 487 g/mol. The fourth-order valence-corrected chi connectivity index (χ4v) is 4.79. The summed E-state index contributed by atoms with van der Waals surface area (Å²) < 4.78 is 1.64. The molecule has 180 valence electrons. The van der Waals surface area contributed by atoms with Crippen molar-refractivity contribution < 1.29 is 19.2 Å². The molecule has 0 bridgehead atoms. The number of anilines is 2. The predicted molar refractivity (Wildman–Crippen MR) is 127 cm³/mol. The zero-order valence-electron chi connectivity index (χ0n) is 19.3. The Hall–Kier alpha value is -3.40. The SMILES string of the molecule is Cc1cc(C)n(C(C)C(=O)Nc2ccc(NC(=O)CN3C(=O)NC4(CCCC4)C3=O)cc2Cl)n1. The summed E-state index contributed by atoms with van der Waals surface area (Å²) in [6.45, 7) is 5.09. The number of urea groups is 1. The van der Waals surface area contributed by atoms with E-state index in [4.69, 9.17) is 11.6 Å². The summed E-state index contributed by atoms with van der Waals surface area (Å²) in [6.07, 6.45) is 2.92. The molecule has 1 spiro atoms. The van der Waals surface area contributed by atoms with Gasteiger partial charge < -0.3 is 16.0 Å². The van der Waals surface area contributed by atoms with Crippen molar-refractivity contribution in [3.63, 3.8) is 0 Å². The fourth-order valence-electron chi connectivity index (χ4n) is 4.56. The van der Waals surface area contributed by atoms with E-state index < -0.39 is 23.5 Å². The number of amides is 5. The highest BCUT2D eigenvalue weighted by Crippen LogP contribution is 2.35. The highest BCUT2D eigenvalue weighted by Gasteiger charge is 2.52. The van der Waals surface area contributed by atoms with Crippen LogP contribution in [0.25, 0.3) is 0 Å². The van der Waals surface area contributed by atoms with Crippen molar-refractivity contribution in [2.45, 2.75) is 58.0 Å². The number of rotatable bonds is 6. The summed E-state index contributed by atoms with van der Waals surface area (Å²) >= 11 is 6.32. The molecule has 1 aliphatic carbocycles. The summed E-state index contributed by atoms with van der Waals surface area (Å²) in [4.78, 5) is 51.1. The van der Waals surface area contributed by atoms with Gasteiger partial charge in [-0.2, -0.15) is 5.10 Å². The number of carbonyl (C=O) groups excluding carboxylic acids is 4. The Morgan fingerprint density at radius 3 is 2.50 bits per heavy atom. The minimum Gasteiger partial charge on any atom is -0.324 e. The van der Waals surface area contributed by atoms with E-state index in [0.717, 1.165) is 29.1 Å². The van der Waals surface area contributed by atoms with Crippen LogP contribution in [-0.4, -0.2) is 50.5 Å². The van der Waals surface area contributed by atoms with Gasteiger partial charge in [-0.05, 0) is 57.9 Å². The molecule has 3 N–H and O–H groups in total. The molecule has 1 aromatic carbocycles. The van der Waals surface area contributed by atoms with Gasteiger partial charge in [-0.3, -0.25) is 24.0 Å². The molecular weight excluding hydrogens is 460 g/mol. The second kappa shape index (κ2) is 9.09. The molecule has 2 aliphatic rings. The number of nitrogens with zero attached hydrogens (tertiary/aromatic N) is 3. The lowest BCUT2D eigenvalue weighted by Crippen LogP contribution is -2.44. The van der Waals surface area contributed by atoms with Crippen LogP contribution in [-0.2, 0) is 14.4 Å². The zero-order chi connectivity index (χ0) is 24.6. The predicted octanol–water partition coefficient (Wildman–Crippen LogP) is 3.16. The van der Waals surface area contributed by atoms with Gasteiger partial charge in [-0.1, -0.05) is 24.4 Å². The van der Waals surface area contributed by atoms with Crippen molar-refractivity contribution in [3.05, 3.63) is 40.7 Å². The molecule has 0 radical (unpaired) electrons. The Kier molecular flexibility index (Phi) is 6.35. The van der Waals surface area contributed by atoms with E-state index >= 15 is 0 Å². The topological polar surface area (TPSA) is 125 Å². The first-order chi connectivity index (χ1) is 16.1. The standard InChI is InChI=1S/C23H27ClN6O4/c1-13-10-14(2)30(28-13)15(3)20(32)26-18-7-6-16(11-17(18)24)25-19(31)12-29-21(33)23(27-22(29)34)8-4-5-9-23/h6-7,10-11,15H,4-5,8-9,12H2,1-3H3,(H,25,31)(H,26,32)(H,27,34). The van der Waals surface area contributed by atoms with Gasteiger partial charge in [0.2, 0.25) is 11.8 Å². The smallest absolute Gasteiger partial charge is 0.324 e. The third kappa shape index (κ3) is 4.50. The molecule has 10 nitrogen and oxygen atoms in total. The lowest BCUT2D eigenvalue weighted by Gasteiger charge is -2.19. The lowest BCUT2D eigenvalue weighted by molar-refractivity contribution is -0.133. The Balaban J connectivity index is 1.37. The molecular formula is C23H27ClN6O4. The number of hydrogen-bond donors (Lipinski definition) is 3. The largest absolute Gasteiger partial charge is 0.325 e. The van der Waals surface area contributed by atoms with Crippen LogP contribution in [0.5, 0.6) is 0 Å². The Labute approximate surface area is 202 Å². The van der Waals surface area contributed by atoms with Crippen molar-refractivity contribution in [2.75, 3.05) is 17.2 Å². The van der Waals surface area contributed by atoms with Crippen molar-refractivity contribution in [1.29, 1.82) is 0 Å². The Morgan fingerprint density at radius 1 is 1.18 bits per heavy atom. The van der Waals surface area contributed by atoms with Gasteiger partial charge in [0.25, 0.3) is 5.91 Å². The van der Waals surface area contributed by atoms with Gasteiger partial charge in [0.1, 0.15) is 18.1 Å². The molecule has 1 unspecified atom stereocenters. The summed E-state index contributed by atoms with van der Waals surface area (Å²) in [6, 6.07) is 5.45. The molecule has 1 aromatic heterocycles. The summed E-state index contributed by atoms with van der Waals surface area (Å²) in [7, 11) is 0. The highest BCUT2D eigenvalue weighted by atomic mass is 35.5. The number of benzene rings is 1. The molecule has 2 aromatic rings. The maximum Gasteiger partial charge on any atom is 0.325 e. The quantitative estimate of drug-likeness (QED) is 0.541. The van der Waals surface area contributed by atoms with Crippen molar-refractivity contribution in [3.8, 4) is 0 Å². The number of aromatic nitrogens is 2. The number of hydrogen-bond acceptors (Lipinski definition) is 5. The van der Waals surface area contributed by atoms with Crippen LogP contribution >= 0.6 is 11.6 Å². The van der Waals surface area contributed by atoms with Gasteiger partial charge in [-0.25, -0.2) is 4.79 Å². The van der Waals surface area contributed by atoms with Gasteiger partial charge in [0.05, 0.1) is 16.4 Å². The van der Waals surface area contributed by atoms with Crippen LogP contribution in [0.15, 0.2) is 24.3 Å². The molecule has 1 aliphatic heterocycles. The van der Waals surface area contributed by atoms with Gasteiger partial charge in [-0.15, -0.1) is 0 Å². The van der Waals surface area contributed by atoms with E-state index in [-0.39, 0.29) is 23.4 Å². The Morgan fingerprint density at radius 2 is 1.88 bits per heavy atom. The van der Waals surface area contributed by atoms with Crippen LogP contribution in [0.3, 0.4) is 0 Å². The number of imide groups is 1. The van der Waals surface area contributed by atoms with Crippen molar-refractivity contribution >= 4 is 46.7 Å². The second-order valence-corrected chi connectivity index (χ2v) is 9.30. The summed E-state index contributed by atoms with van der Waals surface area (Å²) in [5, 5.41) is 12.7. The van der Waals surface area contributed by atoms with Gasteiger partial charge >= 0.3 is 6.03 Å². The van der Waals surface area contributed by atoms with Crippen molar-refractivity contribution in [2.24, 2.45) is 0 Å². The van der Waals surface area contributed by atoms with Crippen LogP contribution in [0.2, 0.25) is 5.02 Å². The molecule has 34 heavy (non-hydrogen) atoms. The second-order valence-electron chi connectivity index (χ2n) is 8.89. The monoisotopic (exact) mass is 486 g/mol. The van der Waals surface area contributed by atoms with Gasteiger partial charge in [0.15, 0.2) is 0 Å². The normalized spacial score (nSPS) is 17.7. The third-order valence-corrected chi connectivity index (χ3v) is 6.62. The molecule has 1 atom stereocenters. The van der Waals surface area contributed by atoms with E-state index in [1.807, 2.05) is 19.9 Å². The molecule has 2 fully saturated rings. The van der Waals surface area contributed by atoms with E-state index in [2.05, 4.69) is 21.0 Å². The van der Waals surface area contributed by atoms with E-state index in [1.165, 1.54) is 6.07 Å². The number of halogens is 1. The van der Waals surface area contributed by atoms with Crippen LogP contribution in [0.1, 0.15) is 50.0 Å². The number of aryl methyl sites for hydroxylation is 2. The minimum absolute atomic E-state index is 0.228. The van der Waals surface area contributed by atoms with E-state index in [0.29, 0.717) is 24.2 Å². The molecule has 1 saturated heterocycles. The molecule has 11 heteroatoms. The molecule has 1 saturated carbocycles. The van der Waals surface area contributed by atoms with E-state index in [1.54, 1.807) is 23.7 Å². The van der Waals surface area contributed by atoms with Crippen molar-refractivity contribution in [1.82, 2.24) is 20.0 Å². The maximum absolute atomic E-state index is 12.7. The average Bonchev–Trinajstić information content (AvgIpc) is 3.44. The Bertz CT molecular complexity index is 1170. The van der Waals surface area contributed by atoms with Gasteiger partial charge in [0, 0.05) is 11.4 Å². The zero-order valence-corrected chi connectivity index (χ0v) is 20.0. The summed E-state index contributed by atoms with van der Waals surface area (Å²) in [5.74, 6) is -1.16. The molecule has 5 amide bonds. The van der Waals surface area contributed by atoms with Crippen LogP contribution in [0, 0.1) is 13.8 Å². The highest BCUT2D eigenvalue weighted by molar-refractivity contribution is 6.34. The summed E-state index contributed by atoms with van der Waals surface area (Å²) in [5.41, 5.74) is 1.60. The maximum atomic E-state index is 12.7. The van der Waals surface area contributed by atoms with Crippen LogP contribution in [0.4, 0.5) is 16.2 Å². The number of nitrogens with one attached hydrogen (secondary N) is 3. The van der Waals surface area contributed by atoms with Crippen LogP contribution < -0.4 is 16.0 Å². The minimum atomic E-state index is -0.856. The van der Waals surface area contributed by atoms with E-state index in [9.17, 15) is 19.2 Å². The lowest BCUT2D eigenvalue weighted by atomic mass is 9.98. The number of carbonyl (C=O) groups is 4. The third-order valence-electron chi connectivity index (χ3n) is 6.31. The first-order valence-electron chi connectivity index (χ1n) is 11.2.